The van der Waals surface area contributed by atoms with Crippen LogP contribution < -0.4 is 5.32 Å². The van der Waals surface area contributed by atoms with Crippen LogP contribution in [0, 0.1) is 5.92 Å². The molecule has 0 aliphatic carbocycles. The fraction of sp³-hybridized carbons (Fsp3) is 0.769. The van der Waals surface area contributed by atoms with Gasteiger partial charge < -0.3 is 10.2 Å². The summed E-state index contributed by atoms with van der Waals surface area (Å²) in [6, 6.07) is 0.478. The standard InChI is InChI=1S/C13H23N5O/c1-10(2)13(19)18-6-4-11(5-7-18)14-8-12-9-15-16-17(12)3/h9-11,14H,4-8H2,1-3H3. The van der Waals surface area contributed by atoms with Crippen LogP contribution in [-0.2, 0) is 18.4 Å². The van der Waals surface area contributed by atoms with Gasteiger partial charge in [-0.15, -0.1) is 5.10 Å². The van der Waals surface area contributed by atoms with Crippen molar-refractivity contribution >= 4 is 5.91 Å². The maximum Gasteiger partial charge on any atom is 0.225 e. The maximum atomic E-state index is 11.9. The lowest BCUT2D eigenvalue weighted by Gasteiger charge is -2.33. The summed E-state index contributed by atoms with van der Waals surface area (Å²) < 4.78 is 1.78. The number of aryl methyl sites for hydroxylation is 1. The number of nitrogens with one attached hydrogen (secondary N) is 1. The van der Waals surface area contributed by atoms with E-state index in [1.807, 2.05) is 25.8 Å². The summed E-state index contributed by atoms with van der Waals surface area (Å²) in [6.45, 7) is 6.42. The van der Waals surface area contributed by atoms with Crippen LogP contribution in [0.4, 0.5) is 0 Å². The summed E-state index contributed by atoms with van der Waals surface area (Å²) in [4.78, 5) is 13.9. The second-order valence-electron chi connectivity index (χ2n) is 5.48. The van der Waals surface area contributed by atoms with Crippen LogP contribution in [0.2, 0.25) is 0 Å². The molecule has 1 aliphatic rings. The molecule has 0 unspecified atom stereocenters. The molecule has 2 rings (SSSR count). The molecule has 1 aliphatic heterocycles. The molecule has 1 aromatic rings. The number of likely N-dealkylation sites (tertiary alicyclic amines) is 1. The first kappa shape index (κ1) is 14.0. The SMILES string of the molecule is CC(C)C(=O)N1CCC(NCc2cnnn2C)CC1. The van der Waals surface area contributed by atoms with Gasteiger partial charge in [-0.05, 0) is 12.8 Å². The number of aromatic nitrogens is 3. The van der Waals surface area contributed by atoms with Crippen molar-refractivity contribution < 1.29 is 4.79 Å². The van der Waals surface area contributed by atoms with Crippen molar-refractivity contribution in [2.24, 2.45) is 13.0 Å². The quantitative estimate of drug-likeness (QED) is 0.863. The molecule has 6 nitrogen and oxygen atoms in total. The van der Waals surface area contributed by atoms with E-state index in [2.05, 4.69) is 15.6 Å². The molecule has 1 amide bonds. The number of rotatable bonds is 4. The second kappa shape index (κ2) is 6.14. The maximum absolute atomic E-state index is 11.9. The highest BCUT2D eigenvalue weighted by atomic mass is 16.2. The van der Waals surface area contributed by atoms with E-state index in [4.69, 9.17) is 0 Å². The zero-order valence-electron chi connectivity index (χ0n) is 12.0. The minimum absolute atomic E-state index is 0.102. The molecular weight excluding hydrogens is 242 g/mol. The molecule has 0 radical (unpaired) electrons. The highest BCUT2D eigenvalue weighted by Crippen LogP contribution is 2.13. The molecule has 0 saturated carbocycles. The third-order valence-electron chi connectivity index (χ3n) is 3.68. The molecule has 1 saturated heterocycles. The van der Waals surface area contributed by atoms with Crippen LogP contribution in [0.15, 0.2) is 6.20 Å². The summed E-state index contributed by atoms with van der Waals surface area (Å²) in [7, 11) is 1.90. The van der Waals surface area contributed by atoms with E-state index in [0.29, 0.717) is 6.04 Å². The Morgan fingerprint density at radius 2 is 2.16 bits per heavy atom. The Bertz CT molecular complexity index is 420. The average Bonchev–Trinajstić information content (AvgIpc) is 2.81. The Hall–Kier alpha value is -1.43. The molecular formula is C13H23N5O. The third-order valence-corrected chi connectivity index (χ3v) is 3.68. The summed E-state index contributed by atoms with van der Waals surface area (Å²) in [5, 5.41) is 11.3. The fourth-order valence-corrected chi connectivity index (χ4v) is 2.39. The molecule has 106 valence electrons. The molecule has 0 spiro atoms. The van der Waals surface area contributed by atoms with Gasteiger partial charge in [-0.25, -0.2) is 0 Å². The highest BCUT2D eigenvalue weighted by Gasteiger charge is 2.23. The van der Waals surface area contributed by atoms with E-state index >= 15 is 0 Å². The lowest BCUT2D eigenvalue weighted by atomic mass is 10.0. The number of nitrogens with zero attached hydrogens (tertiary/aromatic N) is 4. The summed E-state index contributed by atoms with van der Waals surface area (Å²) in [5.41, 5.74) is 1.08. The highest BCUT2D eigenvalue weighted by molar-refractivity contribution is 5.78. The molecule has 2 heterocycles. The topological polar surface area (TPSA) is 63.1 Å². The summed E-state index contributed by atoms with van der Waals surface area (Å²) in [5.74, 6) is 0.374. The van der Waals surface area contributed by atoms with Crippen molar-refractivity contribution in [2.75, 3.05) is 13.1 Å². The van der Waals surface area contributed by atoms with Gasteiger partial charge in [-0.1, -0.05) is 19.1 Å². The predicted octanol–water partition coefficient (Wildman–Crippen LogP) is 0.552. The Balaban J connectivity index is 1.75. The molecule has 0 bridgehead atoms. The van der Waals surface area contributed by atoms with Gasteiger partial charge in [-0.3, -0.25) is 9.48 Å². The second-order valence-corrected chi connectivity index (χ2v) is 5.48. The molecule has 19 heavy (non-hydrogen) atoms. The van der Waals surface area contributed by atoms with Crippen LogP contribution in [0.1, 0.15) is 32.4 Å². The van der Waals surface area contributed by atoms with E-state index in [-0.39, 0.29) is 11.8 Å². The summed E-state index contributed by atoms with van der Waals surface area (Å²) >= 11 is 0. The Morgan fingerprint density at radius 3 is 2.68 bits per heavy atom. The lowest BCUT2D eigenvalue weighted by molar-refractivity contribution is -0.135. The first-order valence-corrected chi connectivity index (χ1v) is 6.93. The third kappa shape index (κ3) is 3.53. The van der Waals surface area contributed by atoms with Gasteiger partial charge in [0.15, 0.2) is 0 Å². The van der Waals surface area contributed by atoms with Gasteiger partial charge in [0.25, 0.3) is 0 Å². The van der Waals surface area contributed by atoms with Crippen molar-refractivity contribution in [3.05, 3.63) is 11.9 Å². The number of hydrogen-bond donors (Lipinski definition) is 1. The van der Waals surface area contributed by atoms with E-state index in [0.717, 1.165) is 38.2 Å². The van der Waals surface area contributed by atoms with Gasteiger partial charge in [0, 0.05) is 38.6 Å². The zero-order chi connectivity index (χ0) is 13.8. The predicted molar refractivity (Wildman–Crippen MR) is 72.3 cm³/mol. The van der Waals surface area contributed by atoms with Crippen molar-refractivity contribution in [1.82, 2.24) is 25.2 Å². The van der Waals surface area contributed by atoms with Crippen molar-refractivity contribution in [2.45, 2.75) is 39.3 Å². The van der Waals surface area contributed by atoms with E-state index in [1.54, 1.807) is 10.9 Å². The smallest absolute Gasteiger partial charge is 0.225 e. The van der Waals surface area contributed by atoms with E-state index in [1.165, 1.54) is 0 Å². The molecule has 0 aromatic carbocycles. The number of carbonyl (C=O) groups is 1. The van der Waals surface area contributed by atoms with Crippen LogP contribution in [0.25, 0.3) is 0 Å². The van der Waals surface area contributed by atoms with Crippen molar-refractivity contribution in [3.63, 3.8) is 0 Å². The Labute approximate surface area is 114 Å². The number of amides is 1. The number of hydrogen-bond acceptors (Lipinski definition) is 4. The summed E-state index contributed by atoms with van der Waals surface area (Å²) in [6.07, 6.45) is 3.82. The number of carbonyl (C=O) groups excluding carboxylic acids is 1. The fourth-order valence-electron chi connectivity index (χ4n) is 2.39. The first-order valence-electron chi connectivity index (χ1n) is 6.93. The van der Waals surface area contributed by atoms with Crippen molar-refractivity contribution in [3.8, 4) is 0 Å². The molecule has 1 aromatic heterocycles. The van der Waals surface area contributed by atoms with Crippen molar-refractivity contribution in [1.29, 1.82) is 0 Å². The molecule has 1 fully saturated rings. The van der Waals surface area contributed by atoms with Gasteiger partial charge in [-0.2, -0.15) is 0 Å². The zero-order valence-corrected chi connectivity index (χ0v) is 12.0. The van der Waals surface area contributed by atoms with Crippen LogP contribution in [-0.4, -0.2) is 44.9 Å². The van der Waals surface area contributed by atoms with Gasteiger partial charge in [0.2, 0.25) is 5.91 Å². The average molecular weight is 265 g/mol. The Kier molecular flexibility index (Phi) is 4.52. The van der Waals surface area contributed by atoms with Gasteiger partial charge in [0.05, 0.1) is 11.9 Å². The minimum atomic E-state index is 0.102. The molecule has 1 N–H and O–H groups in total. The molecule has 6 heteroatoms. The Morgan fingerprint density at radius 1 is 1.47 bits per heavy atom. The largest absolute Gasteiger partial charge is 0.342 e. The minimum Gasteiger partial charge on any atom is -0.342 e. The lowest BCUT2D eigenvalue weighted by Crippen LogP contribution is -2.46. The van der Waals surface area contributed by atoms with Crippen LogP contribution in [0.5, 0.6) is 0 Å². The first-order chi connectivity index (χ1) is 9.08. The van der Waals surface area contributed by atoms with Gasteiger partial charge >= 0.3 is 0 Å². The van der Waals surface area contributed by atoms with E-state index < -0.39 is 0 Å². The monoisotopic (exact) mass is 265 g/mol. The van der Waals surface area contributed by atoms with Crippen LogP contribution >= 0.6 is 0 Å². The normalized spacial score (nSPS) is 17.2. The molecule has 0 atom stereocenters. The number of piperidine rings is 1. The van der Waals surface area contributed by atoms with E-state index in [9.17, 15) is 4.79 Å². The van der Waals surface area contributed by atoms with Gasteiger partial charge in [0.1, 0.15) is 0 Å². The van der Waals surface area contributed by atoms with Crippen LogP contribution in [0.3, 0.4) is 0 Å².